The molecular formula is C24H17F3N6O. The standard InChI is InChI=1S/C24H17F3N6O/c1-12-5-2-6-13-11-15(19(32-18(12)13)14-7-3-10-30-23(14)34)17(24(25,26)27)22-31-16-8-4-9-29-20(16)21(28)33-22/h2-11,17H,1H3,(H,30,34)(H2,28,31,33)/t17-/m1/s1. The van der Waals surface area contributed by atoms with Gasteiger partial charge in [0.25, 0.3) is 5.56 Å². The molecule has 0 saturated heterocycles. The van der Waals surface area contributed by atoms with Gasteiger partial charge in [-0.1, -0.05) is 18.2 Å². The number of halogens is 3. The lowest BCUT2D eigenvalue weighted by Crippen LogP contribution is -2.26. The highest BCUT2D eigenvalue weighted by Crippen LogP contribution is 2.43. The first-order valence-electron chi connectivity index (χ1n) is 10.3. The summed E-state index contributed by atoms with van der Waals surface area (Å²) in [4.78, 5) is 31.8. The first-order valence-corrected chi connectivity index (χ1v) is 10.3. The first kappa shape index (κ1) is 21.5. The van der Waals surface area contributed by atoms with Gasteiger partial charge in [-0.2, -0.15) is 13.2 Å². The summed E-state index contributed by atoms with van der Waals surface area (Å²) in [5.41, 5.74) is 6.70. The van der Waals surface area contributed by atoms with E-state index in [0.717, 1.165) is 5.56 Å². The van der Waals surface area contributed by atoms with Gasteiger partial charge in [0.1, 0.15) is 17.3 Å². The van der Waals surface area contributed by atoms with Crippen molar-refractivity contribution in [1.82, 2.24) is 24.9 Å². The van der Waals surface area contributed by atoms with Gasteiger partial charge in [-0.3, -0.25) is 9.78 Å². The van der Waals surface area contributed by atoms with Crippen LogP contribution in [-0.2, 0) is 0 Å². The number of rotatable bonds is 3. The number of nitrogens with two attached hydrogens (primary N) is 1. The predicted octanol–water partition coefficient (Wildman–Crippen LogP) is 4.51. The third-order valence-corrected chi connectivity index (χ3v) is 5.55. The molecule has 1 aromatic carbocycles. The summed E-state index contributed by atoms with van der Waals surface area (Å²) >= 11 is 0. The summed E-state index contributed by atoms with van der Waals surface area (Å²) in [5.74, 6) is -3.00. The summed E-state index contributed by atoms with van der Waals surface area (Å²) in [5, 5.41) is 0.496. The highest BCUT2D eigenvalue weighted by molar-refractivity contribution is 5.87. The Morgan fingerprint density at radius 1 is 1.00 bits per heavy atom. The lowest BCUT2D eigenvalue weighted by Gasteiger charge is -2.23. The van der Waals surface area contributed by atoms with Gasteiger partial charge in [0, 0.05) is 17.8 Å². The number of H-pyrrole nitrogens is 1. The summed E-state index contributed by atoms with van der Waals surface area (Å²) < 4.78 is 43.9. The number of aryl methyl sites for hydroxylation is 1. The van der Waals surface area contributed by atoms with Crippen LogP contribution in [0, 0.1) is 6.92 Å². The van der Waals surface area contributed by atoms with Crippen LogP contribution in [0.15, 0.2) is 65.7 Å². The fourth-order valence-corrected chi connectivity index (χ4v) is 4.01. The Bertz CT molecular complexity index is 1610. The molecule has 4 heterocycles. The van der Waals surface area contributed by atoms with Crippen molar-refractivity contribution in [3.63, 3.8) is 0 Å². The number of nitrogens with zero attached hydrogens (tertiary/aromatic N) is 4. The number of nitrogen functional groups attached to an aromatic ring is 1. The topological polar surface area (TPSA) is 110 Å². The smallest absolute Gasteiger partial charge is 0.382 e. The number of nitrogens with one attached hydrogen (secondary N) is 1. The molecule has 0 aliphatic carbocycles. The summed E-state index contributed by atoms with van der Waals surface area (Å²) in [6, 6.07) is 12.6. The van der Waals surface area contributed by atoms with Gasteiger partial charge in [-0.15, -0.1) is 0 Å². The Kier molecular flexibility index (Phi) is 5.00. The zero-order chi connectivity index (χ0) is 24.0. The summed E-state index contributed by atoms with van der Waals surface area (Å²) in [6.07, 6.45) is -1.95. The van der Waals surface area contributed by atoms with Crippen LogP contribution in [0.25, 0.3) is 33.2 Å². The molecule has 1 atom stereocenters. The SMILES string of the molecule is Cc1cccc2cc([C@H](c3nc(N)c4ncccc4n3)C(F)(F)F)c(-c3ccc[nH]c3=O)nc12. The van der Waals surface area contributed by atoms with Gasteiger partial charge < -0.3 is 10.7 Å². The van der Waals surface area contributed by atoms with Gasteiger partial charge in [-0.25, -0.2) is 15.0 Å². The Morgan fingerprint density at radius 2 is 1.82 bits per heavy atom. The highest BCUT2D eigenvalue weighted by Gasteiger charge is 2.46. The van der Waals surface area contributed by atoms with Gasteiger partial charge in [-0.05, 0) is 48.4 Å². The Balaban J connectivity index is 1.87. The monoisotopic (exact) mass is 462 g/mol. The Hall–Kier alpha value is -4.34. The van der Waals surface area contributed by atoms with Crippen molar-refractivity contribution < 1.29 is 13.2 Å². The number of fused-ring (bicyclic) bond motifs is 2. The van der Waals surface area contributed by atoms with Gasteiger partial charge in [0.2, 0.25) is 0 Å². The van der Waals surface area contributed by atoms with E-state index >= 15 is 0 Å². The molecule has 0 bridgehead atoms. The fraction of sp³-hybridized carbons (Fsp3) is 0.125. The minimum atomic E-state index is -4.81. The molecule has 0 aliphatic rings. The minimum Gasteiger partial charge on any atom is -0.382 e. The maximum Gasteiger partial charge on any atom is 0.402 e. The molecule has 0 spiro atoms. The second-order valence-corrected chi connectivity index (χ2v) is 7.80. The molecule has 0 aliphatic heterocycles. The molecule has 0 radical (unpaired) electrons. The highest BCUT2D eigenvalue weighted by atomic mass is 19.4. The van der Waals surface area contributed by atoms with Gasteiger partial charge in [0.05, 0.1) is 22.3 Å². The maximum atomic E-state index is 14.6. The molecule has 5 aromatic rings. The predicted molar refractivity (Wildman–Crippen MR) is 122 cm³/mol. The van der Waals surface area contributed by atoms with E-state index in [-0.39, 0.29) is 33.7 Å². The maximum absolute atomic E-state index is 14.6. The Morgan fingerprint density at radius 3 is 2.59 bits per heavy atom. The van der Waals surface area contributed by atoms with E-state index in [4.69, 9.17) is 5.73 Å². The van der Waals surface area contributed by atoms with Crippen molar-refractivity contribution in [2.75, 3.05) is 5.73 Å². The van der Waals surface area contributed by atoms with Crippen LogP contribution in [0.4, 0.5) is 19.0 Å². The number of alkyl halides is 3. The molecule has 34 heavy (non-hydrogen) atoms. The van der Waals surface area contributed by atoms with Crippen LogP contribution in [-0.4, -0.2) is 31.1 Å². The van der Waals surface area contributed by atoms with Crippen molar-refractivity contribution in [1.29, 1.82) is 0 Å². The van der Waals surface area contributed by atoms with Crippen LogP contribution >= 0.6 is 0 Å². The lowest BCUT2D eigenvalue weighted by atomic mass is 9.91. The second-order valence-electron chi connectivity index (χ2n) is 7.80. The molecule has 0 fully saturated rings. The average Bonchev–Trinajstić information content (AvgIpc) is 2.79. The van der Waals surface area contributed by atoms with E-state index in [1.807, 2.05) is 0 Å². The minimum absolute atomic E-state index is 0.00679. The van der Waals surface area contributed by atoms with Crippen molar-refractivity contribution >= 4 is 27.8 Å². The fourth-order valence-electron chi connectivity index (χ4n) is 4.01. The molecule has 170 valence electrons. The second kappa shape index (κ2) is 7.91. The van der Waals surface area contributed by atoms with Crippen molar-refractivity contribution in [2.45, 2.75) is 19.0 Å². The zero-order valence-corrected chi connectivity index (χ0v) is 17.8. The lowest BCUT2D eigenvalue weighted by molar-refractivity contribution is -0.142. The number of benzene rings is 1. The van der Waals surface area contributed by atoms with Crippen LogP contribution in [0.5, 0.6) is 0 Å². The summed E-state index contributed by atoms with van der Waals surface area (Å²) in [6.45, 7) is 1.80. The van der Waals surface area contributed by atoms with E-state index < -0.39 is 23.5 Å². The number of anilines is 1. The van der Waals surface area contributed by atoms with Crippen LogP contribution in [0.2, 0.25) is 0 Å². The van der Waals surface area contributed by atoms with Gasteiger partial charge in [0.15, 0.2) is 5.82 Å². The molecule has 5 rings (SSSR count). The average molecular weight is 462 g/mol. The molecule has 10 heteroatoms. The van der Waals surface area contributed by atoms with E-state index in [2.05, 4.69) is 24.9 Å². The molecule has 4 aromatic heterocycles. The normalized spacial score (nSPS) is 12.8. The third-order valence-electron chi connectivity index (χ3n) is 5.55. The van der Waals surface area contributed by atoms with E-state index in [9.17, 15) is 18.0 Å². The quantitative estimate of drug-likeness (QED) is 0.408. The van der Waals surface area contributed by atoms with E-state index in [1.165, 1.54) is 36.7 Å². The largest absolute Gasteiger partial charge is 0.402 e. The zero-order valence-electron chi connectivity index (χ0n) is 17.8. The number of hydrogen-bond donors (Lipinski definition) is 2. The first-order chi connectivity index (χ1) is 16.2. The van der Waals surface area contributed by atoms with Crippen molar-refractivity contribution in [3.05, 3.63) is 88.2 Å². The van der Waals surface area contributed by atoms with Gasteiger partial charge >= 0.3 is 6.18 Å². The Labute approximate surface area is 190 Å². The van der Waals surface area contributed by atoms with Crippen LogP contribution in [0.1, 0.15) is 22.9 Å². The molecule has 0 unspecified atom stereocenters. The van der Waals surface area contributed by atoms with E-state index in [0.29, 0.717) is 10.9 Å². The molecular weight excluding hydrogens is 445 g/mol. The van der Waals surface area contributed by atoms with Crippen LogP contribution < -0.4 is 11.3 Å². The molecule has 7 nitrogen and oxygen atoms in total. The molecule has 3 N–H and O–H groups in total. The number of hydrogen-bond acceptors (Lipinski definition) is 6. The number of para-hydroxylation sites is 1. The molecule has 0 saturated carbocycles. The van der Waals surface area contributed by atoms with Crippen molar-refractivity contribution in [3.8, 4) is 11.3 Å². The number of aromatic nitrogens is 5. The van der Waals surface area contributed by atoms with E-state index in [1.54, 1.807) is 31.2 Å². The number of aromatic amines is 1. The number of pyridine rings is 3. The van der Waals surface area contributed by atoms with Crippen LogP contribution in [0.3, 0.4) is 0 Å². The van der Waals surface area contributed by atoms with Crippen molar-refractivity contribution in [2.24, 2.45) is 0 Å². The summed E-state index contributed by atoms with van der Waals surface area (Å²) in [7, 11) is 0. The third kappa shape index (κ3) is 3.62. The molecule has 0 amide bonds.